The number of rotatable bonds is 8. The van der Waals surface area contributed by atoms with Crippen molar-refractivity contribution in [2.24, 2.45) is 0 Å². The van der Waals surface area contributed by atoms with Crippen LogP contribution in [0, 0.1) is 0 Å². The summed E-state index contributed by atoms with van der Waals surface area (Å²) in [6.45, 7) is 0.130. The normalized spacial score (nSPS) is 14.1. The van der Waals surface area contributed by atoms with E-state index in [0.29, 0.717) is 27.3 Å². The highest BCUT2D eigenvalue weighted by Crippen LogP contribution is 2.44. The average molecular weight is 428 g/mol. The van der Waals surface area contributed by atoms with Gasteiger partial charge in [-0.3, -0.25) is 4.79 Å². The Morgan fingerprint density at radius 3 is 2.66 bits per heavy atom. The number of aromatic nitrogens is 1. The Hall–Kier alpha value is -2.43. The minimum atomic E-state index is -5.09. The lowest BCUT2D eigenvalue weighted by Gasteiger charge is -2.30. The molecule has 0 saturated heterocycles. The Balaban J connectivity index is 1.90. The van der Waals surface area contributed by atoms with Crippen LogP contribution in [-0.4, -0.2) is 47.3 Å². The number of methoxy groups -OCH3 is 1. The van der Waals surface area contributed by atoms with Gasteiger partial charge >= 0.3 is 6.18 Å². The molecule has 3 aromatic rings. The van der Waals surface area contributed by atoms with Gasteiger partial charge in [-0.25, -0.2) is 4.98 Å². The number of hydrogen-bond donors (Lipinski definition) is 1. The van der Waals surface area contributed by atoms with Gasteiger partial charge < -0.3 is 19.2 Å². The fraction of sp³-hybridized carbons (Fsp3) is 0.368. The maximum Gasteiger partial charge on any atom is 0.424 e. The van der Waals surface area contributed by atoms with Gasteiger partial charge in [-0.05, 0) is 24.3 Å². The average Bonchev–Trinajstić information content (AvgIpc) is 3.33. The van der Waals surface area contributed by atoms with E-state index in [9.17, 15) is 23.1 Å². The third kappa shape index (κ3) is 4.60. The molecule has 0 radical (unpaired) electrons. The zero-order valence-corrected chi connectivity index (χ0v) is 16.3. The van der Waals surface area contributed by atoms with E-state index in [-0.39, 0.29) is 19.7 Å². The summed E-state index contributed by atoms with van der Waals surface area (Å²) in [5.41, 5.74) is -3.07. The molecule has 156 valence electrons. The first-order chi connectivity index (χ1) is 13.7. The first-order valence-corrected chi connectivity index (χ1v) is 9.50. The predicted molar refractivity (Wildman–Crippen MR) is 100 cm³/mol. The molecule has 0 fully saturated rings. The number of halogens is 3. The number of carbonyl (C=O) groups is 1. The number of thiazole rings is 1. The van der Waals surface area contributed by atoms with E-state index in [1.807, 2.05) is 0 Å². The number of alkyl halides is 3. The highest BCUT2D eigenvalue weighted by Gasteiger charge is 2.58. The second kappa shape index (κ2) is 8.52. The Kier molecular flexibility index (Phi) is 6.25. The Labute approximate surface area is 168 Å². The van der Waals surface area contributed by atoms with Crippen LogP contribution in [0.25, 0.3) is 10.2 Å². The van der Waals surface area contributed by atoms with Crippen molar-refractivity contribution >= 4 is 27.5 Å². The van der Waals surface area contributed by atoms with Gasteiger partial charge in [0.15, 0.2) is 0 Å². The third-order valence-corrected chi connectivity index (χ3v) is 5.56. The summed E-state index contributed by atoms with van der Waals surface area (Å²) < 4.78 is 52.2. The Bertz CT molecular complexity index is 925. The van der Waals surface area contributed by atoms with Crippen molar-refractivity contribution in [3.8, 4) is 0 Å². The van der Waals surface area contributed by atoms with E-state index in [4.69, 9.17) is 9.15 Å². The number of nitrogens with zero attached hydrogens (tertiary/aromatic N) is 2. The predicted octanol–water partition coefficient (Wildman–Crippen LogP) is 3.70. The highest BCUT2D eigenvalue weighted by molar-refractivity contribution is 7.18. The van der Waals surface area contributed by atoms with E-state index in [0.717, 1.165) is 4.90 Å². The molecule has 0 saturated carbocycles. The minimum absolute atomic E-state index is 0.0387. The number of amides is 1. The van der Waals surface area contributed by atoms with Crippen molar-refractivity contribution in [2.45, 2.75) is 24.7 Å². The molecule has 0 aliphatic heterocycles. The summed E-state index contributed by atoms with van der Waals surface area (Å²) in [5, 5.41) is 10.0. The minimum Gasteiger partial charge on any atom is -0.467 e. The molecule has 2 aromatic heterocycles. The number of fused-ring (bicyclic) bond motifs is 1. The first-order valence-electron chi connectivity index (χ1n) is 8.69. The molecule has 0 aliphatic rings. The van der Waals surface area contributed by atoms with Crippen molar-refractivity contribution in [1.29, 1.82) is 0 Å². The highest BCUT2D eigenvalue weighted by atomic mass is 32.1. The Morgan fingerprint density at radius 2 is 2.03 bits per heavy atom. The molecule has 3 rings (SSSR count). The van der Waals surface area contributed by atoms with E-state index in [2.05, 4.69) is 4.98 Å². The molecule has 0 spiro atoms. The summed E-state index contributed by atoms with van der Waals surface area (Å²) in [7, 11) is 1.42. The lowest BCUT2D eigenvalue weighted by molar-refractivity contribution is -0.268. The molecular weight excluding hydrogens is 409 g/mol. The molecule has 1 N–H and O–H groups in total. The van der Waals surface area contributed by atoms with Gasteiger partial charge in [0.05, 0.1) is 36.1 Å². The van der Waals surface area contributed by atoms with Crippen LogP contribution in [-0.2, 0) is 21.7 Å². The smallest absolute Gasteiger partial charge is 0.424 e. The second-order valence-electron chi connectivity index (χ2n) is 6.41. The number of benzene rings is 1. The lowest BCUT2D eigenvalue weighted by Crippen LogP contribution is -2.47. The fourth-order valence-electron chi connectivity index (χ4n) is 2.76. The van der Waals surface area contributed by atoms with Gasteiger partial charge in [-0.15, -0.1) is 11.3 Å². The van der Waals surface area contributed by atoms with Crippen LogP contribution in [0.15, 0.2) is 47.1 Å². The van der Waals surface area contributed by atoms with Gasteiger partial charge in [-0.1, -0.05) is 12.1 Å². The van der Waals surface area contributed by atoms with Crippen molar-refractivity contribution < 1.29 is 32.2 Å². The third-order valence-electron chi connectivity index (χ3n) is 4.37. The number of ether oxygens (including phenoxy) is 1. The van der Waals surface area contributed by atoms with Gasteiger partial charge in [0.2, 0.25) is 11.5 Å². The van der Waals surface area contributed by atoms with Crippen LogP contribution in [0.4, 0.5) is 13.2 Å². The SMILES string of the molecule is COCCN(Cc1ccco1)C(=O)CC(O)(c1nc2ccccc2s1)C(F)(F)F. The molecular formula is C19H19F3N2O4S. The summed E-state index contributed by atoms with van der Waals surface area (Å²) in [6.07, 6.45) is -4.88. The number of aliphatic hydroxyl groups is 1. The van der Waals surface area contributed by atoms with E-state index in [1.54, 1.807) is 36.4 Å². The van der Waals surface area contributed by atoms with Crippen molar-refractivity contribution in [2.75, 3.05) is 20.3 Å². The molecule has 10 heteroatoms. The van der Waals surface area contributed by atoms with Gasteiger partial charge in [-0.2, -0.15) is 13.2 Å². The summed E-state index contributed by atoms with van der Waals surface area (Å²) in [4.78, 5) is 17.9. The van der Waals surface area contributed by atoms with E-state index >= 15 is 0 Å². The van der Waals surface area contributed by atoms with Crippen LogP contribution in [0.3, 0.4) is 0 Å². The quantitative estimate of drug-likeness (QED) is 0.592. The number of carbonyl (C=O) groups excluding carboxylic acids is 1. The molecule has 1 unspecified atom stereocenters. The summed E-state index contributed by atoms with van der Waals surface area (Å²) >= 11 is 0.713. The molecule has 0 bridgehead atoms. The van der Waals surface area contributed by atoms with Gasteiger partial charge in [0, 0.05) is 13.7 Å². The largest absolute Gasteiger partial charge is 0.467 e. The van der Waals surface area contributed by atoms with Crippen LogP contribution in [0.1, 0.15) is 17.2 Å². The summed E-state index contributed by atoms with van der Waals surface area (Å²) in [5.74, 6) is -0.484. The fourth-order valence-corrected chi connectivity index (χ4v) is 3.83. The topological polar surface area (TPSA) is 75.8 Å². The lowest BCUT2D eigenvalue weighted by atomic mass is 9.98. The Morgan fingerprint density at radius 1 is 1.28 bits per heavy atom. The second-order valence-corrected chi connectivity index (χ2v) is 7.44. The molecule has 0 aliphatic carbocycles. The van der Waals surface area contributed by atoms with E-state index in [1.165, 1.54) is 13.4 Å². The first kappa shape index (κ1) is 21.3. The number of hydrogen-bond acceptors (Lipinski definition) is 6. The summed E-state index contributed by atoms with van der Waals surface area (Å²) in [6, 6.07) is 9.68. The zero-order valence-electron chi connectivity index (χ0n) is 15.5. The molecule has 6 nitrogen and oxygen atoms in total. The van der Waals surface area contributed by atoms with Crippen molar-refractivity contribution in [1.82, 2.24) is 9.88 Å². The molecule has 2 heterocycles. The number of para-hydroxylation sites is 1. The molecule has 29 heavy (non-hydrogen) atoms. The standard InChI is InChI=1S/C19H19F3N2O4S/c1-27-10-8-24(12-13-5-4-9-28-13)16(25)11-18(26,19(20,21)22)17-23-14-6-2-3-7-15(14)29-17/h2-7,9,26H,8,10-12H2,1H3. The molecule has 1 aromatic carbocycles. The zero-order chi connectivity index (χ0) is 21.1. The maximum atomic E-state index is 13.9. The van der Waals surface area contributed by atoms with Crippen LogP contribution in [0.5, 0.6) is 0 Å². The van der Waals surface area contributed by atoms with Crippen LogP contribution < -0.4 is 0 Å². The monoisotopic (exact) mass is 428 g/mol. The van der Waals surface area contributed by atoms with E-state index < -0.39 is 29.1 Å². The van der Waals surface area contributed by atoms with Crippen LogP contribution >= 0.6 is 11.3 Å². The maximum absolute atomic E-state index is 13.9. The van der Waals surface area contributed by atoms with Gasteiger partial charge in [0.1, 0.15) is 10.8 Å². The molecule has 1 amide bonds. The van der Waals surface area contributed by atoms with Gasteiger partial charge in [0.25, 0.3) is 0 Å². The number of furan rings is 1. The molecule has 1 atom stereocenters. The van der Waals surface area contributed by atoms with Crippen molar-refractivity contribution in [3.63, 3.8) is 0 Å². The van der Waals surface area contributed by atoms with Crippen LogP contribution in [0.2, 0.25) is 0 Å². The van der Waals surface area contributed by atoms with Crippen molar-refractivity contribution in [3.05, 3.63) is 53.4 Å².